The van der Waals surface area contributed by atoms with Crippen LogP contribution in [0.5, 0.6) is 0 Å². The number of fused-ring (bicyclic) bond motifs is 3. The summed E-state index contributed by atoms with van der Waals surface area (Å²) >= 11 is 3.23. The third-order valence-corrected chi connectivity index (χ3v) is 10.4. The Labute approximate surface area is 229 Å². The first-order valence-electron chi connectivity index (χ1n) is 12.9. The summed E-state index contributed by atoms with van der Waals surface area (Å²) in [6, 6.07) is 6.29. The predicted molar refractivity (Wildman–Crippen MR) is 143 cm³/mol. The Morgan fingerprint density at radius 3 is 2.95 bits per heavy atom. The minimum Gasteiger partial charge on any atom is -0.344 e. The zero-order valence-corrected chi connectivity index (χ0v) is 23.2. The van der Waals surface area contributed by atoms with Crippen LogP contribution in [0.15, 0.2) is 17.5 Å². The second-order valence-electron chi connectivity index (χ2n) is 10.8. The van der Waals surface area contributed by atoms with Gasteiger partial charge in [-0.25, -0.2) is 0 Å². The van der Waals surface area contributed by atoms with Crippen LogP contribution < -0.4 is 5.32 Å². The quantitative estimate of drug-likeness (QED) is 0.462. The molecule has 0 radical (unpaired) electrons. The van der Waals surface area contributed by atoms with Gasteiger partial charge >= 0.3 is 0 Å². The lowest BCUT2D eigenvalue weighted by Crippen LogP contribution is -2.46. The number of carbonyl (C=O) groups is 2. The molecule has 2 fully saturated rings. The molecule has 1 saturated heterocycles. The molecule has 6 rings (SSSR count). The van der Waals surface area contributed by atoms with Crippen molar-refractivity contribution in [1.29, 1.82) is 5.26 Å². The fourth-order valence-electron chi connectivity index (χ4n) is 6.26. The van der Waals surface area contributed by atoms with E-state index in [2.05, 4.69) is 50.4 Å². The molecular weight excluding hydrogens is 520 g/mol. The average Bonchev–Trinajstić information content (AvgIpc) is 3.43. The highest BCUT2D eigenvalue weighted by Crippen LogP contribution is 2.51. The Hall–Kier alpha value is -3.14. The van der Waals surface area contributed by atoms with Crippen LogP contribution in [0, 0.1) is 17.2 Å². The van der Waals surface area contributed by atoms with Crippen LogP contribution in [0.25, 0.3) is 0 Å². The second-order valence-corrected chi connectivity index (χ2v) is 12.8. The number of nitrogens with one attached hydrogen (secondary N) is 2. The normalized spacial score (nSPS) is 26.1. The molecular formula is C26H30N8O2S2. The Morgan fingerprint density at radius 1 is 1.37 bits per heavy atom. The van der Waals surface area contributed by atoms with Crippen LogP contribution in [-0.4, -0.2) is 81.0 Å². The van der Waals surface area contributed by atoms with Gasteiger partial charge in [-0.3, -0.25) is 9.59 Å². The monoisotopic (exact) mass is 550 g/mol. The highest BCUT2D eigenvalue weighted by molar-refractivity contribution is 7.14. The van der Waals surface area contributed by atoms with Gasteiger partial charge in [0.15, 0.2) is 5.82 Å². The number of hydrogen-bond donors (Lipinski definition) is 2. The van der Waals surface area contributed by atoms with Gasteiger partial charge in [0.2, 0.25) is 5.91 Å². The van der Waals surface area contributed by atoms with Crippen LogP contribution in [-0.2, 0) is 23.1 Å². The van der Waals surface area contributed by atoms with Gasteiger partial charge in [0.25, 0.3) is 5.91 Å². The van der Waals surface area contributed by atoms with E-state index in [1.807, 2.05) is 6.07 Å². The predicted octanol–water partition coefficient (Wildman–Crippen LogP) is 2.34. The molecule has 2 aliphatic carbocycles. The van der Waals surface area contributed by atoms with E-state index in [9.17, 15) is 14.9 Å². The van der Waals surface area contributed by atoms with Crippen molar-refractivity contribution >= 4 is 34.5 Å². The number of likely N-dealkylation sites (tertiary alicyclic amines) is 1. The molecule has 2 N–H and O–H groups in total. The van der Waals surface area contributed by atoms with E-state index in [1.165, 1.54) is 16.2 Å². The van der Waals surface area contributed by atoms with E-state index < -0.39 is 5.41 Å². The number of H-pyrrole nitrogens is 1. The van der Waals surface area contributed by atoms with Crippen LogP contribution in [0.2, 0.25) is 0 Å². The molecule has 3 aromatic rings. The van der Waals surface area contributed by atoms with Gasteiger partial charge in [0, 0.05) is 35.9 Å². The topological polar surface area (TPSA) is 131 Å². The molecule has 198 valence electrons. The van der Waals surface area contributed by atoms with Crippen molar-refractivity contribution in [1.82, 2.24) is 35.7 Å². The third kappa shape index (κ3) is 4.04. The summed E-state index contributed by atoms with van der Waals surface area (Å²) in [5, 5.41) is 30.6. The molecule has 2 amide bonds. The molecule has 10 nitrogen and oxygen atoms in total. The number of aromatic amines is 1. The van der Waals surface area contributed by atoms with E-state index >= 15 is 0 Å². The minimum absolute atomic E-state index is 0.0187. The van der Waals surface area contributed by atoms with E-state index in [0.29, 0.717) is 23.0 Å². The van der Waals surface area contributed by atoms with Crippen molar-refractivity contribution in [3.63, 3.8) is 0 Å². The molecule has 2 unspecified atom stereocenters. The number of tetrazole rings is 1. The van der Waals surface area contributed by atoms with Crippen LogP contribution in [0.4, 0.5) is 0 Å². The van der Waals surface area contributed by atoms with Crippen molar-refractivity contribution in [3.8, 4) is 6.07 Å². The Bertz CT molecular complexity index is 1410. The summed E-state index contributed by atoms with van der Waals surface area (Å²) in [7, 11) is 3.53. The first kappa shape index (κ1) is 25.2. The van der Waals surface area contributed by atoms with Gasteiger partial charge in [0.05, 0.1) is 22.9 Å². The van der Waals surface area contributed by atoms with Crippen LogP contribution in [0.1, 0.15) is 62.6 Å². The number of piperidine rings is 1. The maximum atomic E-state index is 13.1. The van der Waals surface area contributed by atoms with Crippen molar-refractivity contribution in [2.75, 3.05) is 20.6 Å². The summed E-state index contributed by atoms with van der Waals surface area (Å²) in [6.45, 7) is 2.24. The number of aromatic nitrogens is 4. The molecule has 38 heavy (non-hydrogen) atoms. The number of thiophene rings is 2. The number of nitrogens with zero attached hydrogens (tertiary/aromatic N) is 6. The first-order valence-corrected chi connectivity index (χ1v) is 14.6. The molecule has 1 saturated carbocycles. The molecule has 3 aliphatic rings. The second kappa shape index (κ2) is 9.55. The van der Waals surface area contributed by atoms with Gasteiger partial charge < -0.3 is 15.1 Å². The van der Waals surface area contributed by atoms with Gasteiger partial charge in [-0.15, -0.1) is 32.9 Å². The summed E-state index contributed by atoms with van der Waals surface area (Å²) in [4.78, 5) is 32.5. The van der Waals surface area contributed by atoms with Crippen molar-refractivity contribution < 1.29 is 9.59 Å². The number of nitriles is 1. The molecule has 0 spiro atoms. The van der Waals surface area contributed by atoms with E-state index in [4.69, 9.17) is 0 Å². The molecule has 5 atom stereocenters. The standard InChI is InChI=1S/C26H30N8O2S2/c1-14(28-13-22(35)34-17(12-27)8-16-9-19(16)34)11-26(25-29-31-32-30-25)18-6-7-37-20(18)5-4-15-10-21(38-23(15)26)24(36)33(2)3/h6-7,10,14,16-17,19,28H,4-5,8-9,11,13H2,1-3H3,(H,29,30,31,32)/t14-,16-,17?,19+,26?/m1/s1. The Kier molecular flexibility index (Phi) is 6.32. The first-order chi connectivity index (χ1) is 18.3. The van der Waals surface area contributed by atoms with Gasteiger partial charge in [-0.2, -0.15) is 10.5 Å². The lowest BCUT2D eigenvalue weighted by Gasteiger charge is -2.34. The maximum Gasteiger partial charge on any atom is 0.263 e. The molecule has 1 aliphatic heterocycles. The van der Waals surface area contributed by atoms with Crippen LogP contribution in [0.3, 0.4) is 0 Å². The zero-order valence-electron chi connectivity index (χ0n) is 21.6. The smallest absolute Gasteiger partial charge is 0.263 e. The number of amides is 2. The summed E-state index contributed by atoms with van der Waals surface area (Å²) in [5.74, 6) is 1.01. The highest BCUT2D eigenvalue weighted by Gasteiger charge is 2.54. The largest absolute Gasteiger partial charge is 0.344 e. The minimum atomic E-state index is -0.719. The van der Waals surface area contributed by atoms with Gasteiger partial charge in [-0.1, -0.05) is 5.21 Å². The summed E-state index contributed by atoms with van der Waals surface area (Å²) < 4.78 is 0. The Morgan fingerprint density at radius 2 is 2.21 bits per heavy atom. The summed E-state index contributed by atoms with van der Waals surface area (Å²) in [5.41, 5.74) is 1.55. The van der Waals surface area contributed by atoms with E-state index in [0.717, 1.165) is 41.7 Å². The number of carbonyl (C=O) groups excluding carboxylic acids is 2. The highest BCUT2D eigenvalue weighted by atomic mass is 32.1. The lowest BCUT2D eigenvalue weighted by molar-refractivity contribution is -0.131. The van der Waals surface area contributed by atoms with Crippen molar-refractivity contribution in [2.45, 2.75) is 62.6 Å². The number of rotatable bonds is 7. The van der Waals surface area contributed by atoms with E-state index in [1.54, 1.807) is 35.2 Å². The Balaban J connectivity index is 1.34. The molecule has 3 aromatic heterocycles. The maximum absolute atomic E-state index is 13.1. The van der Waals surface area contributed by atoms with Crippen molar-refractivity contribution in [3.05, 3.63) is 49.1 Å². The van der Waals surface area contributed by atoms with Gasteiger partial charge in [0.1, 0.15) is 6.04 Å². The van der Waals surface area contributed by atoms with Gasteiger partial charge in [-0.05, 0) is 73.6 Å². The van der Waals surface area contributed by atoms with Crippen LogP contribution >= 0.6 is 22.7 Å². The van der Waals surface area contributed by atoms with Crippen molar-refractivity contribution in [2.24, 2.45) is 5.92 Å². The molecule has 12 heteroatoms. The molecule has 4 heterocycles. The average molecular weight is 551 g/mol. The molecule has 0 bridgehead atoms. The zero-order chi connectivity index (χ0) is 26.6. The summed E-state index contributed by atoms with van der Waals surface area (Å²) in [6.07, 6.45) is 4.09. The fraction of sp³-hybridized carbons (Fsp3) is 0.538. The molecule has 0 aromatic carbocycles. The SMILES string of the molecule is C[C@H](CC1(c2nn[nH]n2)c2ccsc2CCc2cc(C(=O)N(C)C)sc21)NCC(=O)N1C(C#N)C[C@@H]2C[C@@H]21. The lowest BCUT2D eigenvalue weighted by atomic mass is 9.73. The fourth-order valence-corrected chi connectivity index (χ4v) is 8.66. The third-order valence-electron chi connectivity index (χ3n) is 8.12. The number of aryl methyl sites for hydroxylation is 2. The van der Waals surface area contributed by atoms with E-state index in [-0.39, 0.29) is 36.5 Å². The number of hydrogen-bond acceptors (Lipinski definition) is 9.